The van der Waals surface area contributed by atoms with Crippen LogP contribution in [0.5, 0.6) is 0 Å². The van der Waals surface area contributed by atoms with Crippen LogP contribution in [0.4, 0.5) is 0 Å². The minimum atomic E-state index is -0.893. The molecule has 0 unspecified atom stereocenters. The summed E-state index contributed by atoms with van der Waals surface area (Å²) in [5.41, 5.74) is -0.893. The Morgan fingerprint density at radius 2 is 1.14 bits per heavy atom. The van der Waals surface area contributed by atoms with Gasteiger partial charge in [-0.2, -0.15) is 0 Å². The summed E-state index contributed by atoms with van der Waals surface area (Å²) < 4.78 is 0. The molecule has 9 heteroatoms. The SMILES string of the molecule is CC(CON=O)(CON=O)CON=O. The molecule has 0 heterocycles. The second kappa shape index (κ2) is 6.69. The maximum atomic E-state index is 9.67. The first-order valence-electron chi connectivity index (χ1n) is 3.52. The average molecular weight is 207 g/mol. The first-order valence-corrected chi connectivity index (χ1v) is 3.52. The molecule has 0 aromatic heterocycles. The molecule has 0 atom stereocenters. The number of rotatable bonds is 9. The molecule has 0 spiro atoms. The van der Waals surface area contributed by atoms with Crippen molar-refractivity contribution < 1.29 is 14.5 Å². The van der Waals surface area contributed by atoms with Gasteiger partial charge < -0.3 is 14.5 Å². The molecule has 0 fully saturated rings. The van der Waals surface area contributed by atoms with E-state index in [1.807, 2.05) is 0 Å². The van der Waals surface area contributed by atoms with E-state index in [-0.39, 0.29) is 19.8 Å². The molecule has 0 saturated heterocycles. The second-order valence-corrected chi connectivity index (χ2v) is 2.85. The zero-order valence-electron chi connectivity index (χ0n) is 7.41. The van der Waals surface area contributed by atoms with E-state index >= 15 is 0 Å². The highest BCUT2D eigenvalue weighted by atomic mass is 16.7. The van der Waals surface area contributed by atoms with E-state index in [0.717, 1.165) is 0 Å². The smallest absolute Gasteiger partial charge is 0.155 e. The Kier molecular flexibility index (Phi) is 5.83. The van der Waals surface area contributed by atoms with E-state index in [0.29, 0.717) is 0 Å². The first-order chi connectivity index (χ1) is 6.68. The van der Waals surface area contributed by atoms with Crippen molar-refractivity contribution in [2.45, 2.75) is 6.92 Å². The number of nitrogens with zero attached hydrogens (tertiary/aromatic N) is 3. The van der Waals surface area contributed by atoms with Crippen molar-refractivity contribution in [3.8, 4) is 0 Å². The fraction of sp³-hybridized carbons (Fsp3) is 1.00. The van der Waals surface area contributed by atoms with Crippen LogP contribution in [0, 0.1) is 20.1 Å². The third-order valence-electron chi connectivity index (χ3n) is 1.40. The van der Waals surface area contributed by atoms with Crippen molar-refractivity contribution in [1.29, 1.82) is 0 Å². The van der Waals surface area contributed by atoms with Gasteiger partial charge in [-0.05, 0) is 6.92 Å². The van der Waals surface area contributed by atoms with Gasteiger partial charge in [-0.15, -0.1) is 14.7 Å². The topological polar surface area (TPSA) is 116 Å². The monoisotopic (exact) mass is 207 g/mol. The molecule has 0 aliphatic rings. The van der Waals surface area contributed by atoms with E-state index in [2.05, 4.69) is 30.5 Å². The number of hydrogen-bond acceptors (Lipinski definition) is 9. The number of hydrogen-bond donors (Lipinski definition) is 0. The Labute approximate surface area is 78.5 Å². The average Bonchev–Trinajstić information content (AvgIpc) is 2.21. The van der Waals surface area contributed by atoms with Crippen molar-refractivity contribution in [2.75, 3.05) is 19.8 Å². The standard InChI is InChI=1S/C5H9N3O6/c1-5(2-12-6-9,3-13-7-10)4-14-8-11/h2-4H2,1H3. The van der Waals surface area contributed by atoms with Crippen LogP contribution in [-0.2, 0) is 14.5 Å². The van der Waals surface area contributed by atoms with Crippen molar-refractivity contribution in [1.82, 2.24) is 0 Å². The van der Waals surface area contributed by atoms with E-state index < -0.39 is 5.41 Å². The molecule has 0 rings (SSSR count). The van der Waals surface area contributed by atoms with Gasteiger partial charge in [0.2, 0.25) is 0 Å². The fourth-order valence-electron chi connectivity index (χ4n) is 0.672. The molecule has 0 aromatic carbocycles. The van der Waals surface area contributed by atoms with Gasteiger partial charge in [0.1, 0.15) is 19.8 Å². The highest BCUT2D eigenvalue weighted by Gasteiger charge is 2.29. The van der Waals surface area contributed by atoms with E-state index in [1.54, 1.807) is 0 Å². The molecular weight excluding hydrogens is 198 g/mol. The molecule has 0 aliphatic heterocycles. The Morgan fingerprint density at radius 3 is 1.36 bits per heavy atom. The maximum absolute atomic E-state index is 9.67. The van der Waals surface area contributed by atoms with Gasteiger partial charge in [0.05, 0.1) is 5.41 Å². The van der Waals surface area contributed by atoms with Gasteiger partial charge in [0.15, 0.2) is 16.0 Å². The summed E-state index contributed by atoms with van der Waals surface area (Å²) in [6.07, 6.45) is 0. The van der Waals surface area contributed by atoms with Crippen molar-refractivity contribution in [2.24, 2.45) is 21.4 Å². The molecule has 0 N–H and O–H groups in total. The van der Waals surface area contributed by atoms with Gasteiger partial charge >= 0.3 is 0 Å². The zero-order valence-corrected chi connectivity index (χ0v) is 7.41. The molecule has 80 valence electrons. The molecule has 14 heavy (non-hydrogen) atoms. The largest absolute Gasteiger partial charge is 0.363 e. The summed E-state index contributed by atoms with van der Waals surface area (Å²) in [4.78, 5) is 41.7. The highest BCUT2D eigenvalue weighted by molar-refractivity contribution is 4.72. The Bertz CT molecular complexity index is 167. The quantitative estimate of drug-likeness (QED) is 0.412. The Balaban J connectivity index is 4.07. The van der Waals surface area contributed by atoms with Crippen LogP contribution >= 0.6 is 0 Å². The zero-order chi connectivity index (χ0) is 10.9. The predicted octanol–water partition coefficient (Wildman–Crippen LogP) is 1.09. The van der Waals surface area contributed by atoms with Crippen molar-refractivity contribution in [3.05, 3.63) is 14.7 Å². The molecule has 9 nitrogen and oxygen atoms in total. The van der Waals surface area contributed by atoms with Crippen LogP contribution in [-0.4, -0.2) is 19.8 Å². The van der Waals surface area contributed by atoms with Crippen LogP contribution < -0.4 is 0 Å². The van der Waals surface area contributed by atoms with Crippen molar-refractivity contribution >= 4 is 0 Å². The van der Waals surface area contributed by atoms with Crippen molar-refractivity contribution in [3.63, 3.8) is 0 Å². The molecule has 0 bridgehead atoms. The van der Waals surface area contributed by atoms with Gasteiger partial charge in [-0.25, -0.2) is 0 Å². The van der Waals surface area contributed by atoms with Crippen LogP contribution in [0.2, 0.25) is 0 Å². The third-order valence-corrected chi connectivity index (χ3v) is 1.40. The minimum Gasteiger partial charge on any atom is -0.363 e. The molecule has 0 amide bonds. The van der Waals surface area contributed by atoms with Gasteiger partial charge in [-0.3, -0.25) is 0 Å². The van der Waals surface area contributed by atoms with Crippen LogP contribution in [0.3, 0.4) is 0 Å². The minimum absolute atomic E-state index is 0.179. The normalized spacial score (nSPS) is 10.1. The summed E-state index contributed by atoms with van der Waals surface area (Å²) in [5.74, 6) is 0. The Morgan fingerprint density at radius 1 is 0.857 bits per heavy atom. The highest BCUT2D eigenvalue weighted by Crippen LogP contribution is 2.18. The first kappa shape index (κ1) is 12.2. The Hall–Kier alpha value is -1.80. The lowest BCUT2D eigenvalue weighted by atomic mass is 9.95. The third kappa shape index (κ3) is 4.95. The van der Waals surface area contributed by atoms with Crippen LogP contribution in [0.15, 0.2) is 16.0 Å². The second-order valence-electron chi connectivity index (χ2n) is 2.85. The molecule has 0 aliphatic carbocycles. The molecule has 0 radical (unpaired) electrons. The maximum Gasteiger partial charge on any atom is 0.155 e. The molecule has 0 aromatic rings. The summed E-state index contributed by atoms with van der Waals surface area (Å²) in [6, 6.07) is 0. The lowest BCUT2D eigenvalue weighted by molar-refractivity contribution is -0.0606. The lowest BCUT2D eigenvalue weighted by Gasteiger charge is -2.22. The van der Waals surface area contributed by atoms with E-state index in [4.69, 9.17) is 0 Å². The lowest BCUT2D eigenvalue weighted by Crippen LogP contribution is -2.32. The van der Waals surface area contributed by atoms with E-state index in [1.165, 1.54) is 6.92 Å². The van der Waals surface area contributed by atoms with Gasteiger partial charge in [0, 0.05) is 0 Å². The van der Waals surface area contributed by atoms with Gasteiger partial charge in [0.25, 0.3) is 0 Å². The van der Waals surface area contributed by atoms with E-state index in [9.17, 15) is 14.7 Å². The summed E-state index contributed by atoms with van der Waals surface area (Å²) in [7, 11) is 0. The summed E-state index contributed by atoms with van der Waals surface area (Å²) >= 11 is 0. The summed E-state index contributed by atoms with van der Waals surface area (Å²) in [5, 5.41) is 6.47. The predicted molar refractivity (Wildman–Crippen MR) is 43.3 cm³/mol. The molecular formula is C5H9N3O6. The fourth-order valence-corrected chi connectivity index (χ4v) is 0.672. The van der Waals surface area contributed by atoms with Crippen LogP contribution in [0.25, 0.3) is 0 Å². The van der Waals surface area contributed by atoms with Crippen LogP contribution in [0.1, 0.15) is 6.92 Å². The molecule has 0 saturated carbocycles. The van der Waals surface area contributed by atoms with Gasteiger partial charge in [-0.1, -0.05) is 0 Å². The summed E-state index contributed by atoms with van der Waals surface area (Å²) in [6.45, 7) is 0.999.